The van der Waals surface area contributed by atoms with Crippen LogP contribution in [0.5, 0.6) is 0 Å². The summed E-state index contributed by atoms with van der Waals surface area (Å²) in [5.74, 6) is 0. The number of aliphatic hydroxyl groups is 1. The van der Waals surface area contributed by atoms with Crippen LogP contribution in [-0.4, -0.2) is 24.5 Å². The molecule has 1 unspecified atom stereocenters. The molecule has 0 saturated carbocycles. The van der Waals surface area contributed by atoms with E-state index in [1.54, 1.807) is 0 Å². The molecule has 1 rings (SSSR count). The van der Waals surface area contributed by atoms with Crippen molar-refractivity contribution in [3.8, 4) is 0 Å². The lowest BCUT2D eigenvalue weighted by Crippen LogP contribution is -2.58. The normalized spacial score (nSPS) is 17.3. The molecule has 7 heteroatoms. The Balaban J connectivity index is 3.41. The van der Waals surface area contributed by atoms with Crippen molar-refractivity contribution in [3.63, 3.8) is 0 Å². The molecular weight excluding hydrogens is 250 g/mol. The number of rotatable bonds is 3. The fourth-order valence-corrected chi connectivity index (χ4v) is 1.11. The van der Waals surface area contributed by atoms with E-state index in [4.69, 9.17) is 2.80 Å². The van der Waals surface area contributed by atoms with Crippen molar-refractivity contribution < 1.29 is 32.8 Å². The van der Waals surface area contributed by atoms with Gasteiger partial charge < -0.3 is 5.11 Å². The predicted molar refractivity (Wildman–Crippen MR) is 47.2 cm³/mol. The van der Waals surface area contributed by atoms with Crippen LogP contribution in [0.1, 0.15) is 6.93 Å². The molecule has 0 aliphatic rings. The molecule has 0 heterocycles. The quantitative estimate of drug-likeness (QED) is 0.828. The van der Waals surface area contributed by atoms with Gasteiger partial charge in [-0.15, -0.1) is 0 Å². The van der Waals surface area contributed by atoms with Gasteiger partial charge in [-0.05, 0) is 5.56 Å². The van der Waals surface area contributed by atoms with E-state index in [0.717, 1.165) is 12.1 Å². The summed E-state index contributed by atoms with van der Waals surface area (Å²) in [6.07, 6.45) is -14.8. The minimum absolute atomic E-state index is 0.551. The van der Waals surface area contributed by atoms with Gasteiger partial charge in [-0.2, -0.15) is 26.3 Å². The lowest BCUT2D eigenvalue weighted by molar-refractivity contribution is -0.367. The third-order valence-corrected chi connectivity index (χ3v) is 2.01. The Morgan fingerprint density at radius 1 is 1.00 bits per heavy atom. The van der Waals surface area contributed by atoms with Crippen LogP contribution in [0.25, 0.3) is 0 Å². The standard InChI is InChI=1S/C10H8F6O/c11-9(12,13)8(17,10(14,15)16)6-7-4-2-1-3-5-7/h1-5,17H,6H2/i6D,17D. The Hall–Kier alpha value is -1.24. The SMILES string of the molecule is [2H]OC(C([2H])c1ccccc1)(C(F)(F)F)C(F)(F)F. The van der Waals surface area contributed by atoms with Gasteiger partial charge in [-0.1, -0.05) is 30.3 Å². The Kier molecular flexibility index (Phi) is 2.70. The van der Waals surface area contributed by atoms with Crippen LogP contribution in [0.2, 0.25) is 0 Å². The van der Waals surface area contributed by atoms with Crippen LogP contribution in [0.4, 0.5) is 26.3 Å². The highest BCUT2D eigenvalue weighted by molar-refractivity contribution is 5.19. The molecule has 0 aliphatic carbocycles. The molecule has 1 N–H and O–H groups in total. The van der Waals surface area contributed by atoms with Crippen molar-refractivity contribution in [2.24, 2.45) is 0 Å². The van der Waals surface area contributed by atoms with Gasteiger partial charge in [0.2, 0.25) is 1.43 Å². The van der Waals surface area contributed by atoms with E-state index >= 15 is 0 Å². The zero-order chi connectivity index (χ0) is 14.9. The van der Waals surface area contributed by atoms with Crippen molar-refractivity contribution in [1.29, 1.82) is 1.43 Å². The highest BCUT2D eigenvalue weighted by Gasteiger charge is 2.69. The Bertz CT molecular complexity index is 402. The summed E-state index contributed by atoms with van der Waals surface area (Å²) in [6, 6.07) is 5.63. The average molecular weight is 260 g/mol. The van der Waals surface area contributed by atoms with E-state index in [2.05, 4.69) is 5.11 Å². The molecule has 0 saturated heterocycles. The van der Waals surface area contributed by atoms with Gasteiger partial charge in [-0.3, -0.25) is 0 Å². The summed E-state index contributed by atoms with van der Waals surface area (Å²) in [6.45, 7) is 0. The molecule has 1 aromatic carbocycles. The summed E-state index contributed by atoms with van der Waals surface area (Å²) in [7, 11) is 0. The van der Waals surface area contributed by atoms with E-state index in [1.165, 1.54) is 18.2 Å². The van der Waals surface area contributed by atoms with Gasteiger partial charge in [-0.25, -0.2) is 0 Å². The van der Waals surface area contributed by atoms with Crippen LogP contribution >= 0.6 is 0 Å². The first-order valence-corrected chi connectivity index (χ1v) is 4.33. The Labute approximate surface area is 95.6 Å². The third-order valence-electron chi connectivity index (χ3n) is 2.01. The van der Waals surface area contributed by atoms with E-state index in [9.17, 15) is 26.3 Å². The zero-order valence-corrected chi connectivity index (χ0v) is 8.14. The van der Waals surface area contributed by atoms with Crippen LogP contribution in [-0.2, 0) is 6.40 Å². The second kappa shape index (κ2) is 4.21. The Morgan fingerprint density at radius 2 is 1.47 bits per heavy atom. The molecule has 0 fully saturated rings. The van der Waals surface area contributed by atoms with Crippen molar-refractivity contribution in [2.75, 3.05) is 0 Å². The van der Waals surface area contributed by atoms with Gasteiger partial charge in [0.25, 0.3) is 5.60 Å². The number of halogens is 6. The summed E-state index contributed by atoms with van der Waals surface area (Å²) < 4.78 is 89.8. The first kappa shape index (κ1) is 10.9. The first-order chi connectivity index (χ1) is 8.58. The van der Waals surface area contributed by atoms with E-state index in [0.29, 0.717) is 0 Å². The summed E-state index contributed by atoms with van der Waals surface area (Å²) in [5, 5.41) is 3.00. The van der Waals surface area contributed by atoms with Crippen molar-refractivity contribution in [1.82, 2.24) is 0 Å². The summed E-state index contributed by atoms with van der Waals surface area (Å²) in [5.41, 5.74) is -5.44. The second-order valence-electron chi connectivity index (χ2n) is 3.29. The zero-order valence-electron chi connectivity index (χ0n) is 10.1. The maximum atomic E-state index is 12.7. The van der Waals surface area contributed by atoms with E-state index < -0.39 is 29.9 Å². The molecule has 0 aromatic heterocycles. The van der Waals surface area contributed by atoms with Crippen LogP contribution in [0, 0.1) is 0 Å². The van der Waals surface area contributed by atoms with E-state index in [-0.39, 0.29) is 0 Å². The molecule has 0 bridgehead atoms. The van der Waals surface area contributed by atoms with Crippen LogP contribution in [0.3, 0.4) is 0 Å². The van der Waals surface area contributed by atoms with Crippen LogP contribution in [0.15, 0.2) is 30.3 Å². The maximum absolute atomic E-state index is 12.7. The highest BCUT2D eigenvalue weighted by Crippen LogP contribution is 2.44. The maximum Gasteiger partial charge on any atom is 0.426 e. The van der Waals surface area contributed by atoms with E-state index in [1.807, 2.05) is 0 Å². The molecule has 0 radical (unpaired) electrons. The fraction of sp³-hybridized carbons (Fsp3) is 0.400. The largest absolute Gasteiger partial charge is 0.426 e. The van der Waals surface area contributed by atoms with Gasteiger partial charge in [0.15, 0.2) is 0 Å². The molecule has 1 atom stereocenters. The van der Waals surface area contributed by atoms with Gasteiger partial charge in [0, 0.05) is 7.77 Å². The number of alkyl halides is 6. The first-order valence-electron chi connectivity index (χ1n) is 5.31. The lowest BCUT2D eigenvalue weighted by Gasteiger charge is -2.32. The monoisotopic (exact) mass is 260 g/mol. The van der Waals surface area contributed by atoms with Gasteiger partial charge in [0.05, 0.1) is 0 Å². The third kappa shape index (κ3) is 2.71. The molecule has 0 amide bonds. The van der Waals surface area contributed by atoms with Gasteiger partial charge in [0.1, 0.15) is 0 Å². The van der Waals surface area contributed by atoms with Gasteiger partial charge >= 0.3 is 12.4 Å². The number of hydrogen-bond donors (Lipinski definition) is 1. The molecule has 17 heavy (non-hydrogen) atoms. The minimum atomic E-state index is -5.95. The highest BCUT2D eigenvalue weighted by atomic mass is 19.4. The van der Waals surface area contributed by atoms with Crippen molar-refractivity contribution in [3.05, 3.63) is 35.9 Å². The molecule has 1 aromatic rings. The molecule has 1 nitrogen and oxygen atoms in total. The predicted octanol–water partition coefficient (Wildman–Crippen LogP) is 3.08. The molecule has 96 valence electrons. The fourth-order valence-electron chi connectivity index (χ4n) is 1.11. The topological polar surface area (TPSA) is 20.2 Å². The average Bonchev–Trinajstić information content (AvgIpc) is 2.27. The smallest absolute Gasteiger partial charge is 0.373 e. The summed E-state index contributed by atoms with van der Waals surface area (Å²) >= 11 is 0. The summed E-state index contributed by atoms with van der Waals surface area (Å²) in [4.78, 5) is 0. The number of hydrogen-bond acceptors (Lipinski definition) is 1. The minimum Gasteiger partial charge on any atom is -0.373 e. The molecule has 0 spiro atoms. The lowest BCUT2D eigenvalue weighted by atomic mass is 9.93. The number of benzene rings is 1. The van der Waals surface area contributed by atoms with Crippen LogP contribution < -0.4 is 0 Å². The van der Waals surface area contributed by atoms with Crippen molar-refractivity contribution in [2.45, 2.75) is 24.4 Å². The van der Waals surface area contributed by atoms with Crippen molar-refractivity contribution >= 4 is 0 Å². The molecule has 0 aliphatic heterocycles. The molecular formula is C10H8F6O. The second-order valence-corrected chi connectivity index (χ2v) is 3.29. The Morgan fingerprint density at radius 3 is 1.82 bits per heavy atom.